The van der Waals surface area contributed by atoms with Crippen LogP contribution in [0.3, 0.4) is 0 Å². The Kier molecular flexibility index (Phi) is 7.07. The molecule has 0 saturated heterocycles. The maximum atomic E-state index is 4.39. The molecule has 1 aromatic heterocycles. The molecule has 1 heterocycles. The molecule has 2 rings (SSSR count). The van der Waals surface area contributed by atoms with Gasteiger partial charge in [0.2, 0.25) is 5.95 Å². The molecule has 0 N–H and O–H groups in total. The van der Waals surface area contributed by atoms with E-state index in [0.29, 0.717) is 12.0 Å². The van der Waals surface area contributed by atoms with E-state index in [9.17, 15) is 0 Å². The Labute approximate surface area is 148 Å². The third-order valence-corrected chi connectivity index (χ3v) is 4.67. The summed E-state index contributed by atoms with van der Waals surface area (Å²) in [6, 6.07) is 0.512. The molecule has 1 aromatic rings. The first-order chi connectivity index (χ1) is 11.1. The zero-order valence-corrected chi connectivity index (χ0v) is 15.6. The van der Waals surface area contributed by atoms with E-state index in [2.05, 4.69) is 68.2 Å². The predicted molar refractivity (Wildman–Crippen MR) is 99.4 cm³/mol. The molecule has 0 bridgehead atoms. The zero-order valence-electron chi connectivity index (χ0n) is 14.0. The van der Waals surface area contributed by atoms with Gasteiger partial charge >= 0.3 is 0 Å². The normalized spacial score (nSPS) is 20.7. The van der Waals surface area contributed by atoms with Crippen LogP contribution in [0.15, 0.2) is 29.5 Å². The van der Waals surface area contributed by atoms with Crippen LogP contribution in [0, 0.1) is 17.8 Å². The summed E-state index contributed by atoms with van der Waals surface area (Å²) in [5, 5.41) is 0. The summed E-state index contributed by atoms with van der Waals surface area (Å²) in [7, 11) is 4.16. The number of anilines is 1. The van der Waals surface area contributed by atoms with Crippen molar-refractivity contribution in [1.82, 2.24) is 14.9 Å². The van der Waals surface area contributed by atoms with Crippen LogP contribution < -0.4 is 4.90 Å². The van der Waals surface area contributed by atoms with Crippen LogP contribution in [0.1, 0.15) is 25.7 Å². The summed E-state index contributed by atoms with van der Waals surface area (Å²) in [5.41, 5.74) is 0. The van der Waals surface area contributed by atoms with Crippen molar-refractivity contribution in [2.24, 2.45) is 5.92 Å². The molecule has 124 valence electrons. The van der Waals surface area contributed by atoms with Crippen molar-refractivity contribution in [2.45, 2.75) is 31.7 Å². The van der Waals surface area contributed by atoms with Crippen LogP contribution in [0.2, 0.25) is 0 Å². The predicted octanol–water partition coefficient (Wildman–Crippen LogP) is 3.36. The van der Waals surface area contributed by atoms with Gasteiger partial charge in [0.1, 0.15) is 0 Å². The Hall–Kier alpha value is -1.38. The minimum Gasteiger partial charge on any atom is -0.341 e. The lowest BCUT2D eigenvalue weighted by Gasteiger charge is -2.33. The molecule has 0 aromatic carbocycles. The van der Waals surface area contributed by atoms with Gasteiger partial charge in [0, 0.05) is 37.9 Å². The highest BCUT2D eigenvalue weighted by Crippen LogP contribution is 2.28. The highest BCUT2D eigenvalue weighted by molar-refractivity contribution is 9.10. The number of likely N-dealkylation sites (N-methyl/N-ethyl adjacent to an activating group) is 1. The first-order valence-corrected chi connectivity index (χ1v) is 8.87. The maximum absolute atomic E-state index is 4.39. The minimum atomic E-state index is 0.512. The number of hydrogen-bond donors (Lipinski definition) is 0. The SMILES string of the molecule is C=CCN(C)CC#CC1CCC(N(C)c2ncc(Br)cn2)CC1. The first kappa shape index (κ1) is 18.0. The van der Waals surface area contributed by atoms with Crippen molar-refractivity contribution in [1.29, 1.82) is 0 Å². The van der Waals surface area contributed by atoms with Gasteiger partial charge in [-0.05, 0) is 48.7 Å². The van der Waals surface area contributed by atoms with Crippen LogP contribution in [-0.4, -0.2) is 48.1 Å². The van der Waals surface area contributed by atoms with E-state index in [0.717, 1.165) is 49.2 Å². The van der Waals surface area contributed by atoms with Crippen LogP contribution in [0.5, 0.6) is 0 Å². The Balaban J connectivity index is 1.80. The van der Waals surface area contributed by atoms with Crippen LogP contribution >= 0.6 is 15.9 Å². The maximum Gasteiger partial charge on any atom is 0.225 e. The third kappa shape index (κ3) is 5.63. The fourth-order valence-electron chi connectivity index (χ4n) is 2.87. The second-order valence-electron chi connectivity index (χ2n) is 6.12. The van der Waals surface area contributed by atoms with E-state index in [4.69, 9.17) is 0 Å². The molecule has 23 heavy (non-hydrogen) atoms. The molecule has 1 saturated carbocycles. The molecule has 5 heteroatoms. The molecule has 4 nitrogen and oxygen atoms in total. The third-order valence-electron chi connectivity index (χ3n) is 4.26. The number of aromatic nitrogens is 2. The van der Waals surface area contributed by atoms with Gasteiger partial charge in [-0.2, -0.15) is 0 Å². The molecular weight excluding hydrogens is 352 g/mol. The molecule has 0 amide bonds. The van der Waals surface area contributed by atoms with Crippen LogP contribution in [0.4, 0.5) is 5.95 Å². The fraction of sp³-hybridized carbons (Fsp3) is 0.556. The topological polar surface area (TPSA) is 32.3 Å². The summed E-state index contributed by atoms with van der Waals surface area (Å²) in [6.45, 7) is 5.45. The van der Waals surface area contributed by atoms with Crippen molar-refractivity contribution in [3.63, 3.8) is 0 Å². The quantitative estimate of drug-likeness (QED) is 0.582. The average molecular weight is 377 g/mol. The van der Waals surface area contributed by atoms with Crippen molar-refractivity contribution in [3.8, 4) is 11.8 Å². The summed E-state index contributed by atoms with van der Waals surface area (Å²) in [5.74, 6) is 8.07. The van der Waals surface area contributed by atoms with Crippen LogP contribution in [-0.2, 0) is 0 Å². The van der Waals surface area contributed by atoms with Gasteiger partial charge in [0.15, 0.2) is 0 Å². The minimum absolute atomic E-state index is 0.512. The summed E-state index contributed by atoms with van der Waals surface area (Å²) in [6.07, 6.45) is 10.1. The molecule has 1 fully saturated rings. The summed E-state index contributed by atoms with van der Waals surface area (Å²) in [4.78, 5) is 13.1. The lowest BCUT2D eigenvalue weighted by atomic mass is 9.86. The van der Waals surface area contributed by atoms with Gasteiger partial charge in [-0.25, -0.2) is 9.97 Å². The van der Waals surface area contributed by atoms with Gasteiger partial charge in [-0.15, -0.1) is 6.58 Å². The fourth-order valence-corrected chi connectivity index (χ4v) is 3.07. The molecule has 0 unspecified atom stereocenters. The zero-order chi connectivity index (χ0) is 16.7. The first-order valence-electron chi connectivity index (χ1n) is 8.08. The van der Waals surface area contributed by atoms with Crippen LogP contribution in [0.25, 0.3) is 0 Å². The number of hydrogen-bond acceptors (Lipinski definition) is 4. The molecule has 0 radical (unpaired) electrons. The van der Waals surface area contributed by atoms with E-state index in [-0.39, 0.29) is 0 Å². The van der Waals surface area contributed by atoms with Crippen molar-refractivity contribution in [2.75, 3.05) is 32.1 Å². The summed E-state index contributed by atoms with van der Waals surface area (Å²) < 4.78 is 0.912. The largest absolute Gasteiger partial charge is 0.341 e. The standard InChI is InChI=1S/C18H25BrN4/c1-4-11-22(2)12-5-6-15-7-9-17(10-8-15)23(3)18-20-13-16(19)14-21-18/h4,13-15,17H,1,7-12H2,2-3H3. The lowest BCUT2D eigenvalue weighted by Crippen LogP contribution is -2.36. The Morgan fingerprint density at radius 1 is 1.26 bits per heavy atom. The second-order valence-corrected chi connectivity index (χ2v) is 7.04. The van der Waals surface area contributed by atoms with E-state index in [1.165, 1.54) is 0 Å². The Morgan fingerprint density at radius 3 is 2.52 bits per heavy atom. The molecular formula is C18H25BrN4. The second kappa shape index (κ2) is 9.05. The van der Waals surface area contributed by atoms with Gasteiger partial charge in [0.25, 0.3) is 0 Å². The van der Waals surface area contributed by atoms with Crippen molar-refractivity contribution >= 4 is 21.9 Å². The Morgan fingerprint density at radius 2 is 1.91 bits per heavy atom. The molecule has 0 aliphatic heterocycles. The highest BCUT2D eigenvalue weighted by atomic mass is 79.9. The van der Waals surface area contributed by atoms with Gasteiger partial charge in [-0.3, -0.25) is 4.90 Å². The molecule has 0 atom stereocenters. The van der Waals surface area contributed by atoms with E-state index < -0.39 is 0 Å². The smallest absolute Gasteiger partial charge is 0.225 e. The molecule has 0 spiro atoms. The van der Waals surface area contributed by atoms with Gasteiger partial charge < -0.3 is 4.90 Å². The van der Waals surface area contributed by atoms with Gasteiger partial charge in [-0.1, -0.05) is 17.9 Å². The highest BCUT2D eigenvalue weighted by Gasteiger charge is 2.24. The Bertz CT molecular complexity index is 553. The van der Waals surface area contributed by atoms with E-state index in [1.807, 2.05) is 6.08 Å². The molecule has 1 aliphatic carbocycles. The van der Waals surface area contributed by atoms with Crippen molar-refractivity contribution in [3.05, 3.63) is 29.5 Å². The summed E-state index contributed by atoms with van der Waals surface area (Å²) >= 11 is 3.37. The lowest BCUT2D eigenvalue weighted by molar-refractivity contribution is 0.371. The number of rotatable bonds is 5. The van der Waals surface area contributed by atoms with E-state index in [1.54, 1.807) is 12.4 Å². The number of halogens is 1. The molecule has 1 aliphatic rings. The van der Waals surface area contributed by atoms with Crippen molar-refractivity contribution < 1.29 is 0 Å². The van der Waals surface area contributed by atoms with Gasteiger partial charge in [0.05, 0.1) is 11.0 Å². The monoisotopic (exact) mass is 376 g/mol. The van der Waals surface area contributed by atoms with E-state index >= 15 is 0 Å². The number of nitrogens with zero attached hydrogens (tertiary/aromatic N) is 4. The average Bonchev–Trinajstić information content (AvgIpc) is 2.56.